The lowest BCUT2D eigenvalue weighted by molar-refractivity contribution is -0.685. The van der Waals surface area contributed by atoms with E-state index in [1.54, 1.807) is 28.5 Å². The molecule has 0 aliphatic carbocycles. The molecule has 192 valence electrons. The molecule has 0 atom stereocenters. The number of hydrogen-bond acceptors (Lipinski definition) is 6. The number of aromatic nitrogens is 2. The zero-order valence-electron chi connectivity index (χ0n) is 19.6. The highest BCUT2D eigenvalue weighted by molar-refractivity contribution is 9.10. The Morgan fingerprint density at radius 2 is 1.97 bits per heavy atom. The molecule has 1 aliphatic heterocycles. The minimum absolute atomic E-state index is 0.0630. The van der Waals surface area contributed by atoms with Crippen molar-refractivity contribution in [1.29, 1.82) is 0 Å². The summed E-state index contributed by atoms with van der Waals surface area (Å²) in [4.78, 5) is 16.5. The Balaban J connectivity index is 1.56. The summed E-state index contributed by atoms with van der Waals surface area (Å²) in [6.07, 6.45) is -1.04. The van der Waals surface area contributed by atoms with Gasteiger partial charge in [0, 0.05) is 23.0 Å². The third kappa shape index (κ3) is 5.38. The van der Waals surface area contributed by atoms with Crippen LogP contribution in [0.15, 0.2) is 68.2 Å². The van der Waals surface area contributed by atoms with Crippen LogP contribution >= 0.6 is 50.4 Å². The fraction of sp³-hybridized carbons (Fsp3) is 0.200. The summed E-state index contributed by atoms with van der Waals surface area (Å²) < 4.78 is 48.8. The first-order valence-corrected chi connectivity index (χ1v) is 14.4. The lowest BCUT2D eigenvalue weighted by Crippen LogP contribution is -2.36. The lowest BCUT2D eigenvalue weighted by Gasteiger charge is -2.12. The number of thiazole rings is 2. The molecule has 3 heterocycles. The topological polar surface area (TPSA) is 38.4 Å². The molecule has 0 saturated carbocycles. The number of thioether (sulfide) groups is 1. The standard InChI is InChI=1S/C25H20BrF3N3O2S3/c1-3-32-21(37-22(23(32)33)24-30(2)17-9-8-16(26)12-19(17)36-24)13-20-31(10-11-35-20)14-15-6-4-5-7-18(15)34-25(27,28)29/h4-13H,3,14H2,1-2H3/q+1/b24-22+. The Kier molecular flexibility index (Phi) is 7.27. The molecule has 0 unspecified atom stereocenters. The van der Waals surface area contributed by atoms with Crippen molar-refractivity contribution in [2.75, 3.05) is 11.9 Å². The van der Waals surface area contributed by atoms with Gasteiger partial charge in [-0.2, -0.15) is 4.57 Å². The Labute approximate surface area is 230 Å². The van der Waals surface area contributed by atoms with Crippen LogP contribution in [0.3, 0.4) is 0 Å². The maximum absolute atomic E-state index is 13.4. The van der Waals surface area contributed by atoms with Crippen molar-refractivity contribution in [3.8, 4) is 5.75 Å². The van der Waals surface area contributed by atoms with Crippen molar-refractivity contribution in [1.82, 2.24) is 4.57 Å². The third-order valence-electron chi connectivity index (χ3n) is 5.72. The van der Waals surface area contributed by atoms with E-state index in [-0.39, 0.29) is 17.9 Å². The van der Waals surface area contributed by atoms with Gasteiger partial charge in [-0.25, -0.2) is 0 Å². The van der Waals surface area contributed by atoms with Crippen molar-refractivity contribution in [3.63, 3.8) is 0 Å². The van der Waals surface area contributed by atoms with Crippen LogP contribution in [0.25, 0.3) is 11.1 Å². The van der Waals surface area contributed by atoms with Crippen molar-refractivity contribution in [2.24, 2.45) is 0 Å². The molecular weight excluding hydrogens is 607 g/mol. The summed E-state index contributed by atoms with van der Waals surface area (Å²) in [6, 6.07) is 12.1. The SMILES string of the molecule is CCn1c(=O)/c(=C2\Sc3cc(Br)ccc3N2C)s/c1=C\c1scc[n+]1Cc1ccccc1OC(F)(F)F. The van der Waals surface area contributed by atoms with E-state index >= 15 is 0 Å². The van der Waals surface area contributed by atoms with Gasteiger partial charge in [0.05, 0.1) is 22.7 Å². The van der Waals surface area contributed by atoms with Crippen LogP contribution in [0.1, 0.15) is 17.5 Å². The maximum Gasteiger partial charge on any atom is 0.573 e. The number of para-hydroxylation sites is 1. The minimum Gasteiger partial charge on any atom is -0.405 e. The summed E-state index contributed by atoms with van der Waals surface area (Å²) in [5.41, 5.74) is 1.38. The molecule has 0 bridgehead atoms. The van der Waals surface area contributed by atoms with Crippen molar-refractivity contribution in [3.05, 3.63) is 88.6 Å². The van der Waals surface area contributed by atoms with E-state index < -0.39 is 6.36 Å². The van der Waals surface area contributed by atoms with E-state index in [0.29, 0.717) is 16.6 Å². The highest BCUT2D eigenvalue weighted by Gasteiger charge is 2.32. The fourth-order valence-corrected chi connectivity index (χ4v) is 7.87. The number of rotatable bonds is 5. The summed E-state index contributed by atoms with van der Waals surface area (Å²) in [5.74, 6) is -0.229. The van der Waals surface area contributed by atoms with E-state index in [1.807, 2.05) is 59.3 Å². The molecule has 37 heavy (non-hydrogen) atoms. The van der Waals surface area contributed by atoms with Crippen LogP contribution in [0.4, 0.5) is 18.9 Å². The number of alkyl halides is 3. The molecule has 0 N–H and O–H groups in total. The highest BCUT2D eigenvalue weighted by Crippen LogP contribution is 2.46. The molecule has 2 aromatic heterocycles. The first kappa shape index (κ1) is 26.1. The van der Waals surface area contributed by atoms with Crippen molar-refractivity contribution < 1.29 is 22.5 Å². The van der Waals surface area contributed by atoms with Crippen LogP contribution in [0, 0.1) is 0 Å². The summed E-state index contributed by atoms with van der Waals surface area (Å²) in [5, 5.41) is 3.55. The average Bonchev–Trinajstić information content (AvgIpc) is 3.50. The van der Waals surface area contributed by atoms with E-state index in [0.717, 1.165) is 29.8 Å². The van der Waals surface area contributed by atoms with E-state index in [4.69, 9.17) is 0 Å². The number of anilines is 1. The molecule has 2 aromatic carbocycles. The minimum atomic E-state index is -4.77. The van der Waals surface area contributed by atoms with Crippen LogP contribution < -0.4 is 29.0 Å². The monoisotopic (exact) mass is 626 g/mol. The van der Waals surface area contributed by atoms with Crippen LogP contribution in [-0.2, 0) is 13.1 Å². The second kappa shape index (κ2) is 10.3. The molecule has 0 fully saturated rings. The third-order valence-corrected chi connectivity index (χ3v) is 9.53. The van der Waals surface area contributed by atoms with Gasteiger partial charge in [-0.05, 0) is 37.3 Å². The van der Waals surface area contributed by atoms with Crippen LogP contribution in [0.5, 0.6) is 5.75 Å². The Bertz CT molecular complexity index is 1660. The second-order valence-electron chi connectivity index (χ2n) is 8.07. The number of nitrogens with zero attached hydrogens (tertiary/aromatic N) is 3. The number of benzene rings is 2. The molecule has 4 aromatic rings. The molecule has 5 nitrogen and oxygen atoms in total. The van der Waals surface area contributed by atoms with Crippen LogP contribution in [-0.4, -0.2) is 18.0 Å². The number of ether oxygens (including phenoxy) is 1. The van der Waals surface area contributed by atoms with E-state index in [1.165, 1.54) is 34.8 Å². The number of hydrogen-bond donors (Lipinski definition) is 0. The Hall–Kier alpha value is -2.54. The zero-order valence-corrected chi connectivity index (χ0v) is 23.6. The molecule has 0 radical (unpaired) electrons. The van der Waals surface area contributed by atoms with Gasteiger partial charge in [-0.1, -0.05) is 51.2 Å². The van der Waals surface area contributed by atoms with Crippen molar-refractivity contribution in [2.45, 2.75) is 31.3 Å². The van der Waals surface area contributed by atoms with Gasteiger partial charge >= 0.3 is 6.36 Å². The van der Waals surface area contributed by atoms with Gasteiger partial charge in [0.1, 0.15) is 20.0 Å². The lowest BCUT2D eigenvalue weighted by atomic mass is 10.2. The first-order valence-electron chi connectivity index (χ1n) is 11.1. The van der Waals surface area contributed by atoms with Gasteiger partial charge in [0.2, 0.25) is 0 Å². The molecular formula is C25H20BrF3N3O2S3+. The first-order chi connectivity index (χ1) is 17.6. The highest BCUT2D eigenvalue weighted by atomic mass is 79.9. The molecule has 12 heteroatoms. The summed E-state index contributed by atoms with van der Waals surface area (Å²) in [7, 11) is 1.95. The molecule has 0 spiro atoms. The van der Waals surface area contributed by atoms with Gasteiger partial charge in [0.15, 0.2) is 12.7 Å². The van der Waals surface area contributed by atoms with Gasteiger partial charge in [0.25, 0.3) is 10.6 Å². The number of fused-ring (bicyclic) bond motifs is 1. The predicted molar refractivity (Wildman–Crippen MR) is 146 cm³/mol. The number of halogens is 4. The van der Waals surface area contributed by atoms with Gasteiger partial charge < -0.3 is 9.64 Å². The molecule has 0 saturated heterocycles. The largest absolute Gasteiger partial charge is 0.573 e. The fourth-order valence-electron chi connectivity index (χ4n) is 4.01. The van der Waals surface area contributed by atoms with Gasteiger partial charge in [-0.3, -0.25) is 9.36 Å². The Morgan fingerprint density at radius 1 is 1.19 bits per heavy atom. The summed E-state index contributed by atoms with van der Waals surface area (Å²) in [6.45, 7) is 2.61. The average molecular weight is 628 g/mol. The van der Waals surface area contributed by atoms with Crippen molar-refractivity contribution >= 4 is 67.2 Å². The van der Waals surface area contributed by atoms with E-state index in [2.05, 4.69) is 20.7 Å². The Morgan fingerprint density at radius 3 is 2.73 bits per heavy atom. The normalized spacial score (nSPS) is 15.4. The maximum atomic E-state index is 13.4. The van der Waals surface area contributed by atoms with E-state index in [9.17, 15) is 18.0 Å². The quantitative estimate of drug-likeness (QED) is 0.288. The molecule has 0 amide bonds. The predicted octanol–water partition coefficient (Wildman–Crippen LogP) is 5.12. The molecule has 5 rings (SSSR count). The molecule has 1 aliphatic rings. The summed E-state index contributed by atoms with van der Waals surface area (Å²) >= 11 is 7.94. The van der Waals surface area contributed by atoms with Gasteiger partial charge in [-0.15, -0.1) is 24.5 Å². The second-order valence-corrected chi connectivity index (χ2v) is 12.0. The van der Waals surface area contributed by atoms with Crippen LogP contribution in [0.2, 0.25) is 0 Å². The smallest absolute Gasteiger partial charge is 0.405 e. The zero-order chi connectivity index (χ0) is 26.3.